The van der Waals surface area contributed by atoms with E-state index in [0.717, 1.165) is 12.6 Å². The first-order chi connectivity index (χ1) is 14.1. The Morgan fingerprint density at radius 2 is 2.07 bits per heavy atom. The summed E-state index contributed by atoms with van der Waals surface area (Å²) in [5.41, 5.74) is -0.348. The molecule has 4 rings (SSSR count). The van der Waals surface area contributed by atoms with Gasteiger partial charge in [0.15, 0.2) is 0 Å². The van der Waals surface area contributed by atoms with E-state index in [2.05, 4.69) is 20.3 Å². The summed E-state index contributed by atoms with van der Waals surface area (Å²) in [7, 11) is -2.64. The molecule has 30 heavy (non-hydrogen) atoms. The number of aromatic amines is 1. The third-order valence-corrected chi connectivity index (χ3v) is 6.98. The Hall–Kier alpha value is -2.38. The van der Waals surface area contributed by atoms with E-state index in [-0.39, 0.29) is 35.6 Å². The molecule has 0 unspecified atom stereocenters. The SMILES string of the molecule is CP(C)(=O)c1cccc2c(-c3nc(NC[C@@H]4C[C@H]4CO)ncc3C(F)(F)F)c[nH]c12. The van der Waals surface area contributed by atoms with Crippen LogP contribution in [0, 0.1) is 11.8 Å². The van der Waals surface area contributed by atoms with E-state index in [1.807, 2.05) is 0 Å². The summed E-state index contributed by atoms with van der Waals surface area (Å²) >= 11 is 0. The molecule has 6 nitrogen and oxygen atoms in total. The van der Waals surface area contributed by atoms with Crippen molar-refractivity contribution < 1.29 is 22.8 Å². The minimum absolute atomic E-state index is 0.0991. The van der Waals surface area contributed by atoms with Crippen LogP contribution in [-0.4, -0.2) is 46.5 Å². The fourth-order valence-corrected chi connectivity index (χ4v) is 4.84. The second-order valence-electron chi connectivity index (χ2n) is 8.03. The van der Waals surface area contributed by atoms with Crippen molar-refractivity contribution in [2.24, 2.45) is 11.8 Å². The molecule has 10 heteroatoms. The normalized spacial score (nSPS) is 19.3. The summed E-state index contributed by atoms with van der Waals surface area (Å²) in [6.45, 7) is 3.83. The summed E-state index contributed by atoms with van der Waals surface area (Å²) in [4.78, 5) is 11.0. The highest BCUT2D eigenvalue weighted by Crippen LogP contribution is 2.42. The van der Waals surface area contributed by atoms with Gasteiger partial charge < -0.3 is 20.0 Å². The number of benzene rings is 1. The van der Waals surface area contributed by atoms with E-state index in [9.17, 15) is 17.7 Å². The molecule has 0 bridgehead atoms. The lowest BCUT2D eigenvalue weighted by molar-refractivity contribution is -0.137. The van der Waals surface area contributed by atoms with Gasteiger partial charge >= 0.3 is 6.18 Å². The van der Waals surface area contributed by atoms with Crippen molar-refractivity contribution in [2.75, 3.05) is 31.8 Å². The first-order valence-corrected chi connectivity index (χ1v) is 12.1. The zero-order valence-electron chi connectivity index (χ0n) is 16.5. The standard InChI is InChI=1S/C20H22F3N4O2P/c1-30(2,29)16-5-3-4-13-14(8-24-18(13)16)17-15(20(21,22)23)9-26-19(27-17)25-7-11-6-12(11)10-28/h3-5,8-9,11-12,24,28H,6-7,10H2,1-2H3,(H,25,26,27)/t11-,12-/m0/s1. The number of fused-ring (bicyclic) bond motifs is 1. The lowest BCUT2D eigenvalue weighted by Crippen LogP contribution is -2.13. The topological polar surface area (TPSA) is 90.9 Å². The monoisotopic (exact) mass is 438 g/mol. The second kappa shape index (κ2) is 7.39. The number of rotatable bonds is 6. The predicted molar refractivity (Wildman–Crippen MR) is 111 cm³/mol. The maximum Gasteiger partial charge on any atom is 0.419 e. The van der Waals surface area contributed by atoms with E-state index in [4.69, 9.17) is 5.11 Å². The molecule has 0 saturated heterocycles. The van der Waals surface area contributed by atoms with Crippen molar-refractivity contribution in [2.45, 2.75) is 12.6 Å². The second-order valence-corrected chi connectivity index (χ2v) is 11.2. The summed E-state index contributed by atoms with van der Waals surface area (Å²) in [5.74, 6) is 0.587. The van der Waals surface area contributed by atoms with E-state index in [1.165, 1.54) is 6.20 Å². The number of hydrogen-bond acceptors (Lipinski definition) is 5. The van der Waals surface area contributed by atoms with Gasteiger partial charge in [-0.2, -0.15) is 13.2 Å². The van der Waals surface area contributed by atoms with Gasteiger partial charge in [-0.1, -0.05) is 12.1 Å². The lowest BCUT2D eigenvalue weighted by atomic mass is 10.1. The number of nitrogens with zero attached hydrogens (tertiary/aromatic N) is 2. The Balaban J connectivity index is 1.78. The molecule has 160 valence electrons. The van der Waals surface area contributed by atoms with Gasteiger partial charge in [0.1, 0.15) is 12.7 Å². The molecular weight excluding hydrogens is 416 g/mol. The van der Waals surface area contributed by atoms with Gasteiger partial charge in [-0.3, -0.25) is 0 Å². The molecule has 1 aliphatic carbocycles. The first kappa shape index (κ1) is 20.9. The van der Waals surface area contributed by atoms with Gasteiger partial charge in [0.05, 0.1) is 11.2 Å². The number of alkyl halides is 3. The molecule has 3 N–H and O–H groups in total. The zero-order valence-corrected chi connectivity index (χ0v) is 17.4. The highest BCUT2D eigenvalue weighted by molar-refractivity contribution is 7.70. The van der Waals surface area contributed by atoms with Gasteiger partial charge in [-0.05, 0) is 37.7 Å². The largest absolute Gasteiger partial charge is 0.419 e. The van der Waals surface area contributed by atoms with Crippen LogP contribution in [0.3, 0.4) is 0 Å². The average Bonchev–Trinajstić information content (AvgIpc) is 3.31. The molecule has 1 aromatic carbocycles. The zero-order chi connectivity index (χ0) is 21.7. The van der Waals surface area contributed by atoms with Crippen LogP contribution in [0.4, 0.5) is 19.1 Å². The Morgan fingerprint density at radius 1 is 1.30 bits per heavy atom. The van der Waals surface area contributed by atoms with Crippen molar-refractivity contribution in [3.8, 4) is 11.3 Å². The van der Waals surface area contributed by atoms with Crippen molar-refractivity contribution >= 4 is 29.3 Å². The summed E-state index contributed by atoms with van der Waals surface area (Å²) in [6, 6.07) is 5.09. The number of aromatic nitrogens is 3. The van der Waals surface area contributed by atoms with Crippen LogP contribution in [0.5, 0.6) is 0 Å². The molecule has 1 aliphatic rings. The van der Waals surface area contributed by atoms with E-state index < -0.39 is 18.9 Å². The number of halogens is 3. The van der Waals surface area contributed by atoms with Crippen LogP contribution in [0.25, 0.3) is 22.2 Å². The van der Waals surface area contributed by atoms with Gasteiger partial charge in [-0.25, -0.2) is 9.97 Å². The lowest BCUT2D eigenvalue weighted by Gasteiger charge is -2.14. The Labute approximate surface area is 171 Å². The molecule has 0 spiro atoms. The molecule has 2 heterocycles. The number of nitrogens with one attached hydrogen (secondary N) is 2. The van der Waals surface area contributed by atoms with E-state index in [1.54, 1.807) is 31.5 Å². The maximum atomic E-state index is 13.7. The third kappa shape index (κ3) is 3.96. The fraction of sp³-hybridized carbons (Fsp3) is 0.400. The molecule has 3 aromatic rings. The van der Waals surface area contributed by atoms with Crippen molar-refractivity contribution in [1.29, 1.82) is 0 Å². The van der Waals surface area contributed by atoms with Crippen LogP contribution in [0.15, 0.2) is 30.6 Å². The number of para-hydroxylation sites is 1. The molecule has 2 atom stereocenters. The fourth-order valence-electron chi connectivity index (χ4n) is 3.67. The highest BCUT2D eigenvalue weighted by Gasteiger charge is 2.38. The van der Waals surface area contributed by atoms with E-state index >= 15 is 0 Å². The Kier molecular flexibility index (Phi) is 5.14. The van der Waals surface area contributed by atoms with E-state index in [0.29, 0.717) is 22.8 Å². The van der Waals surface area contributed by atoms with Crippen LogP contribution in [0.2, 0.25) is 0 Å². The number of aliphatic hydroxyl groups is 1. The van der Waals surface area contributed by atoms with Crippen molar-refractivity contribution in [3.05, 3.63) is 36.2 Å². The van der Waals surface area contributed by atoms with Crippen LogP contribution < -0.4 is 10.6 Å². The maximum absolute atomic E-state index is 13.7. The average molecular weight is 438 g/mol. The Morgan fingerprint density at radius 3 is 2.70 bits per heavy atom. The van der Waals surface area contributed by atoms with Gasteiger partial charge in [0.25, 0.3) is 0 Å². The molecule has 2 aromatic heterocycles. The minimum Gasteiger partial charge on any atom is -0.396 e. The summed E-state index contributed by atoms with van der Waals surface area (Å²) in [6.07, 6.45) is -1.50. The molecule has 0 aliphatic heterocycles. The number of H-pyrrole nitrogens is 1. The molecule has 0 radical (unpaired) electrons. The molecular formula is C20H22F3N4O2P. The summed E-state index contributed by atoms with van der Waals surface area (Å²) in [5, 5.41) is 13.2. The Bertz CT molecular complexity index is 1140. The van der Waals surface area contributed by atoms with Crippen molar-refractivity contribution in [1.82, 2.24) is 15.0 Å². The third-order valence-electron chi connectivity index (χ3n) is 5.45. The number of anilines is 1. The summed E-state index contributed by atoms with van der Waals surface area (Å²) < 4.78 is 53.6. The van der Waals surface area contributed by atoms with Gasteiger partial charge in [0.2, 0.25) is 5.95 Å². The molecule has 1 fully saturated rings. The molecule has 0 amide bonds. The molecule has 1 saturated carbocycles. The first-order valence-electron chi connectivity index (χ1n) is 9.54. The van der Waals surface area contributed by atoms with Crippen LogP contribution >= 0.6 is 7.14 Å². The van der Waals surface area contributed by atoms with Crippen LogP contribution in [-0.2, 0) is 10.7 Å². The highest BCUT2D eigenvalue weighted by atomic mass is 31.2. The number of aliphatic hydroxyl groups excluding tert-OH is 1. The van der Waals surface area contributed by atoms with Crippen LogP contribution in [0.1, 0.15) is 12.0 Å². The smallest absolute Gasteiger partial charge is 0.396 e. The van der Waals surface area contributed by atoms with Gasteiger partial charge in [0, 0.05) is 41.8 Å². The van der Waals surface area contributed by atoms with Crippen molar-refractivity contribution in [3.63, 3.8) is 0 Å². The quantitative estimate of drug-likeness (QED) is 0.508. The number of hydrogen-bond donors (Lipinski definition) is 3. The predicted octanol–water partition coefficient (Wildman–Crippen LogP) is 3.93. The van der Waals surface area contributed by atoms with Gasteiger partial charge in [-0.15, -0.1) is 0 Å². The minimum atomic E-state index is -4.63.